The zero-order valence-electron chi connectivity index (χ0n) is 12.8. The summed E-state index contributed by atoms with van der Waals surface area (Å²) in [4.78, 5) is 11.7. The number of ether oxygens (including phenoxy) is 1. The Balaban J connectivity index is 4.09. The summed E-state index contributed by atoms with van der Waals surface area (Å²) in [6.07, 6.45) is 8.02. The largest absolute Gasteiger partial charge is 0.462 e. The molecule has 0 aliphatic rings. The molecule has 0 saturated carbocycles. The van der Waals surface area contributed by atoms with Crippen molar-refractivity contribution in [2.75, 3.05) is 6.61 Å². The second-order valence-corrected chi connectivity index (χ2v) is 5.53. The van der Waals surface area contributed by atoms with Crippen molar-refractivity contribution >= 4 is 5.97 Å². The van der Waals surface area contributed by atoms with E-state index in [1.165, 1.54) is 25.7 Å². The van der Waals surface area contributed by atoms with Crippen molar-refractivity contribution in [3.8, 4) is 0 Å². The van der Waals surface area contributed by atoms with Crippen molar-refractivity contribution in [3.05, 3.63) is 11.6 Å². The lowest BCUT2D eigenvalue weighted by atomic mass is 9.95. The topological polar surface area (TPSA) is 26.3 Å². The SMILES string of the molecule is CCCCC(CC)CC=C(C)C(=O)OCC(C)C. The highest BCUT2D eigenvalue weighted by Gasteiger charge is 2.09. The van der Waals surface area contributed by atoms with Crippen LogP contribution in [-0.4, -0.2) is 12.6 Å². The number of hydrogen-bond donors (Lipinski definition) is 0. The Bertz CT molecular complexity index is 254. The molecule has 0 saturated heterocycles. The molecule has 0 radical (unpaired) electrons. The van der Waals surface area contributed by atoms with Crippen LogP contribution in [0, 0.1) is 11.8 Å². The Labute approximate surface area is 113 Å². The lowest BCUT2D eigenvalue weighted by Crippen LogP contribution is -2.11. The van der Waals surface area contributed by atoms with Crippen molar-refractivity contribution < 1.29 is 9.53 Å². The summed E-state index contributed by atoms with van der Waals surface area (Å²) < 4.78 is 5.21. The highest BCUT2D eigenvalue weighted by atomic mass is 16.5. The average Bonchev–Trinajstić information content (AvgIpc) is 2.35. The molecule has 0 fully saturated rings. The monoisotopic (exact) mass is 254 g/mol. The minimum absolute atomic E-state index is 0.158. The molecule has 2 nitrogen and oxygen atoms in total. The van der Waals surface area contributed by atoms with Gasteiger partial charge in [-0.05, 0) is 25.2 Å². The predicted octanol–water partition coefficient (Wildman–Crippen LogP) is 4.74. The Morgan fingerprint density at radius 2 is 1.94 bits per heavy atom. The normalized spacial score (nSPS) is 13.8. The molecule has 0 aromatic carbocycles. The van der Waals surface area contributed by atoms with Crippen LogP contribution < -0.4 is 0 Å². The van der Waals surface area contributed by atoms with E-state index < -0.39 is 0 Å². The predicted molar refractivity (Wildman–Crippen MR) is 77.5 cm³/mol. The summed E-state index contributed by atoms with van der Waals surface area (Å²) in [7, 11) is 0. The molecule has 1 unspecified atom stereocenters. The van der Waals surface area contributed by atoms with Crippen LogP contribution in [0.1, 0.15) is 66.7 Å². The molecule has 106 valence electrons. The highest BCUT2D eigenvalue weighted by molar-refractivity contribution is 5.87. The summed E-state index contributed by atoms with van der Waals surface area (Å²) in [6.45, 7) is 10.9. The zero-order valence-corrected chi connectivity index (χ0v) is 12.8. The van der Waals surface area contributed by atoms with Gasteiger partial charge >= 0.3 is 5.97 Å². The first-order valence-electron chi connectivity index (χ1n) is 7.35. The van der Waals surface area contributed by atoms with E-state index in [4.69, 9.17) is 4.74 Å². The summed E-state index contributed by atoms with van der Waals surface area (Å²) in [6, 6.07) is 0. The van der Waals surface area contributed by atoms with E-state index in [-0.39, 0.29) is 5.97 Å². The van der Waals surface area contributed by atoms with Crippen LogP contribution in [0.15, 0.2) is 11.6 Å². The van der Waals surface area contributed by atoms with Crippen LogP contribution in [0.5, 0.6) is 0 Å². The van der Waals surface area contributed by atoms with E-state index in [0.717, 1.165) is 12.0 Å². The molecule has 0 bridgehead atoms. The minimum atomic E-state index is -0.158. The van der Waals surface area contributed by atoms with Gasteiger partial charge in [0.05, 0.1) is 6.61 Å². The maximum Gasteiger partial charge on any atom is 0.333 e. The fourth-order valence-corrected chi connectivity index (χ4v) is 1.76. The Morgan fingerprint density at radius 3 is 2.44 bits per heavy atom. The smallest absolute Gasteiger partial charge is 0.333 e. The molecule has 0 amide bonds. The Morgan fingerprint density at radius 1 is 1.28 bits per heavy atom. The van der Waals surface area contributed by atoms with Gasteiger partial charge in [-0.3, -0.25) is 0 Å². The third-order valence-electron chi connectivity index (χ3n) is 3.17. The maximum atomic E-state index is 11.7. The molecule has 0 aliphatic heterocycles. The lowest BCUT2D eigenvalue weighted by molar-refractivity contribution is -0.140. The van der Waals surface area contributed by atoms with E-state index in [1.807, 2.05) is 26.8 Å². The van der Waals surface area contributed by atoms with Gasteiger partial charge in [0.1, 0.15) is 0 Å². The summed E-state index contributed by atoms with van der Waals surface area (Å²) in [5.41, 5.74) is 0.755. The fraction of sp³-hybridized carbons (Fsp3) is 0.812. The summed E-state index contributed by atoms with van der Waals surface area (Å²) in [5.74, 6) is 0.946. The number of allylic oxidation sites excluding steroid dienone is 1. The van der Waals surface area contributed by atoms with E-state index in [1.54, 1.807) is 0 Å². The van der Waals surface area contributed by atoms with Gasteiger partial charge in [-0.2, -0.15) is 0 Å². The molecule has 0 aromatic rings. The van der Waals surface area contributed by atoms with Gasteiger partial charge in [0.25, 0.3) is 0 Å². The molecule has 1 atom stereocenters. The number of hydrogen-bond acceptors (Lipinski definition) is 2. The van der Waals surface area contributed by atoms with E-state index >= 15 is 0 Å². The summed E-state index contributed by atoms with van der Waals surface area (Å²) >= 11 is 0. The zero-order chi connectivity index (χ0) is 14.0. The highest BCUT2D eigenvalue weighted by Crippen LogP contribution is 2.18. The quantitative estimate of drug-likeness (QED) is 0.439. The Hall–Kier alpha value is -0.790. The molecule has 0 aliphatic carbocycles. The van der Waals surface area contributed by atoms with Gasteiger partial charge in [0, 0.05) is 5.57 Å². The molecular weight excluding hydrogens is 224 g/mol. The van der Waals surface area contributed by atoms with Crippen LogP contribution >= 0.6 is 0 Å². The molecule has 0 aromatic heterocycles. The number of unbranched alkanes of at least 4 members (excludes halogenated alkanes) is 1. The van der Waals surface area contributed by atoms with Gasteiger partial charge in [-0.15, -0.1) is 0 Å². The molecule has 0 N–H and O–H groups in total. The average molecular weight is 254 g/mol. The van der Waals surface area contributed by atoms with Crippen LogP contribution in [0.2, 0.25) is 0 Å². The second-order valence-electron chi connectivity index (χ2n) is 5.53. The van der Waals surface area contributed by atoms with Gasteiger partial charge < -0.3 is 4.74 Å². The standard InChI is InChI=1S/C16H30O2/c1-6-8-9-15(7-2)11-10-14(5)16(17)18-12-13(3)4/h10,13,15H,6-9,11-12H2,1-5H3. The van der Waals surface area contributed by atoms with Gasteiger partial charge in [-0.25, -0.2) is 4.79 Å². The Kier molecular flexibility index (Phi) is 9.72. The van der Waals surface area contributed by atoms with Crippen LogP contribution in [-0.2, 0) is 9.53 Å². The molecule has 18 heavy (non-hydrogen) atoms. The van der Waals surface area contributed by atoms with Crippen molar-refractivity contribution in [3.63, 3.8) is 0 Å². The van der Waals surface area contributed by atoms with Crippen molar-refractivity contribution in [2.24, 2.45) is 11.8 Å². The van der Waals surface area contributed by atoms with Crippen LogP contribution in [0.25, 0.3) is 0 Å². The lowest BCUT2D eigenvalue weighted by Gasteiger charge is -2.12. The van der Waals surface area contributed by atoms with E-state index in [9.17, 15) is 4.79 Å². The van der Waals surface area contributed by atoms with E-state index in [0.29, 0.717) is 18.4 Å². The van der Waals surface area contributed by atoms with Gasteiger partial charge in [-0.1, -0.05) is 59.5 Å². The van der Waals surface area contributed by atoms with Crippen molar-refractivity contribution in [1.82, 2.24) is 0 Å². The first-order chi connectivity index (χ1) is 8.51. The minimum Gasteiger partial charge on any atom is -0.462 e. The number of carbonyl (C=O) groups is 1. The third-order valence-corrected chi connectivity index (χ3v) is 3.17. The molecular formula is C16H30O2. The van der Waals surface area contributed by atoms with Crippen molar-refractivity contribution in [2.45, 2.75) is 66.7 Å². The first kappa shape index (κ1) is 17.2. The number of esters is 1. The van der Waals surface area contributed by atoms with Gasteiger partial charge in [0.2, 0.25) is 0 Å². The molecule has 0 spiro atoms. The maximum absolute atomic E-state index is 11.7. The fourth-order valence-electron chi connectivity index (χ4n) is 1.76. The molecule has 2 heteroatoms. The third kappa shape index (κ3) is 8.32. The van der Waals surface area contributed by atoms with Crippen LogP contribution in [0.3, 0.4) is 0 Å². The van der Waals surface area contributed by atoms with Crippen LogP contribution in [0.4, 0.5) is 0 Å². The molecule has 0 rings (SSSR count). The number of rotatable bonds is 9. The number of carbonyl (C=O) groups excluding carboxylic acids is 1. The van der Waals surface area contributed by atoms with Gasteiger partial charge in [0.15, 0.2) is 0 Å². The first-order valence-corrected chi connectivity index (χ1v) is 7.35. The second kappa shape index (κ2) is 10.2. The van der Waals surface area contributed by atoms with E-state index in [2.05, 4.69) is 13.8 Å². The summed E-state index contributed by atoms with van der Waals surface area (Å²) in [5, 5.41) is 0. The van der Waals surface area contributed by atoms with Crippen molar-refractivity contribution in [1.29, 1.82) is 0 Å². The molecule has 0 heterocycles.